The maximum Gasteiger partial charge on any atom is 0.188 e. The predicted octanol–water partition coefficient (Wildman–Crippen LogP) is 2.78. The average molecular weight is 333 g/mol. The van der Waals surface area contributed by atoms with E-state index in [0.29, 0.717) is 30.7 Å². The lowest BCUT2D eigenvalue weighted by atomic mass is 10.2. The fourth-order valence-corrected chi connectivity index (χ4v) is 2.20. The van der Waals surface area contributed by atoms with Gasteiger partial charge in [0.1, 0.15) is 5.75 Å². The maximum absolute atomic E-state index is 5.98. The summed E-state index contributed by atoms with van der Waals surface area (Å²) in [5, 5.41) is 3.73. The molecule has 0 unspecified atom stereocenters. The summed E-state index contributed by atoms with van der Waals surface area (Å²) < 4.78 is 5.57. The predicted molar refractivity (Wildman–Crippen MR) is 93.9 cm³/mol. The zero-order chi connectivity index (χ0) is 16.5. The number of ether oxygens (including phenoxy) is 1. The van der Waals surface area contributed by atoms with Gasteiger partial charge in [0, 0.05) is 35.4 Å². The molecule has 0 aliphatic rings. The van der Waals surface area contributed by atoms with Gasteiger partial charge in [-0.25, -0.2) is 4.99 Å². The molecule has 1 aromatic heterocycles. The first-order valence-corrected chi connectivity index (χ1v) is 7.91. The Morgan fingerprint density at radius 2 is 2.22 bits per heavy atom. The third-order valence-electron chi connectivity index (χ3n) is 3.16. The monoisotopic (exact) mass is 332 g/mol. The number of benzene rings is 1. The minimum absolute atomic E-state index is 0.401. The third kappa shape index (κ3) is 5.79. The minimum Gasteiger partial charge on any atom is -0.493 e. The second kappa shape index (κ2) is 9.00. The Morgan fingerprint density at radius 3 is 2.96 bits per heavy atom. The molecule has 0 saturated heterocycles. The largest absolute Gasteiger partial charge is 0.493 e. The molecule has 6 heteroatoms. The number of halogens is 1. The standard InChI is InChI=1S/C17H21ClN4O/c1-2-23-16-11-14(18)7-6-13(16)12-22-17(19)21-10-8-15-5-3-4-9-20-15/h3-7,9,11H,2,8,10,12H2,1H3,(H3,19,21,22). The highest BCUT2D eigenvalue weighted by molar-refractivity contribution is 6.30. The molecule has 3 N–H and O–H groups in total. The summed E-state index contributed by atoms with van der Waals surface area (Å²) >= 11 is 5.98. The summed E-state index contributed by atoms with van der Waals surface area (Å²) in [5.41, 5.74) is 7.86. The number of aliphatic imine (C=N–C) groups is 1. The van der Waals surface area contributed by atoms with Crippen LogP contribution in [0.25, 0.3) is 0 Å². The van der Waals surface area contributed by atoms with Crippen molar-refractivity contribution in [2.75, 3.05) is 13.2 Å². The van der Waals surface area contributed by atoms with Gasteiger partial charge >= 0.3 is 0 Å². The first kappa shape index (κ1) is 17.1. The molecule has 0 atom stereocenters. The van der Waals surface area contributed by atoms with Crippen LogP contribution in [-0.2, 0) is 13.0 Å². The summed E-state index contributed by atoms with van der Waals surface area (Å²) in [6.45, 7) is 3.64. The Morgan fingerprint density at radius 1 is 1.35 bits per heavy atom. The van der Waals surface area contributed by atoms with Gasteiger partial charge in [0.2, 0.25) is 0 Å². The lowest BCUT2D eigenvalue weighted by Gasteiger charge is -2.10. The number of pyridine rings is 1. The molecule has 1 aromatic carbocycles. The van der Waals surface area contributed by atoms with E-state index in [1.165, 1.54) is 0 Å². The van der Waals surface area contributed by atoms with Crippen LogP contribution in [0.15, 0.2) is 47.6 Å². The molecule has 0 radical (unpaired) electrons. The third-order valence-corrected chi connectivity index (χ3v) is 3.40. The molecule has 0 saturated carbocycles. The van der Waals surface area contributed by atoms with Gasteiger partial charge in [0.05, 0.1) is 13.2 Å². The highest BCUT2D eigenvalue weighted by atomic mass is 35.5. The van der Waals surface area contributed by atoms with Crippen LogP contribution in [0.4, 0.5) is 0 Å². The van der Waals surface area contributed by atoms with Crippen molar-refractivity contribution in [3.63, 3.8) is 0 Å². The minimum atomic E-state index is 0.401. The van der Waals surface area contributed by atoms with Gasteiger partial charge in [-0.15, -0.1) is 0 Å². The van der Waals surface area contributed by atoms with Crippen LogP contribution in [0.2, 0.25) is 5.02 Å². The molecule has 0 aliphatic heterocycles. The number of guanidine groups is 1. The van der Waals surface area contributed by atoms with E-state index in [0.717, 1.165) is 23.4 Å². The van der Waals surface area contributed by atoms with Crippen LogP contribution in [0, 0.1) is 0 Å². The van der Waals surface area contributed by atoms with Crippen molar-refractivity contribution in [2.24, 2.45) is 10.7 Å². The van der Waals surface area contributed by atoms with E-state index < -0.39 is 0 Å². The average Bonchev–Trinajstić information content (AvgIpc) is 2.55. The lowest BCUT2D eigenvalue weighted by molar-refractivity contribution is 0.336. The van der Waals surface area contributed by atoms with Crippen LogP contribution in [0.5, 0.6) is 5.75 Å². The van der Waals surface area contributed by atoms with Crippen molar-refractivity contribution in [1.29, 1.82) is 0 Å². The molecule has 0 fully saturated rings. The number of hydrogen-bond donors (Lipinski definition) is 2. The van der Waals surface area contributed by atoms with E-state index in [9.17, 15) is 0 Å². The van der Waals surface area contributed by atoms with Crippen molar-refractivity contribution in [3.05, 3.63) is 58.9 Å². The molecule has 2 aromatic rings. The van der Waals surface area contributed by atoms with Crippen LogP contribution in [-0.4, -0.2) is 24.1 Å². The Bertz CT molecular complexity index is 646. The molecule has 0 bridgehead atoms. The molecule has 0 amide bonds. The molecule has 23 heavy (non-hydrogen) atoms. The number of nitrogens with one attached hydrogen (secondary N) is 1. The number of nitrogens with two attached hydrogens (primary N) is 1. The van der Waals surface area contributed by atoms with Crippen LogP contribution >= 0.6 is 11.6 Å². The number of hydrogen-bond acceptors (Lipinski definition) is 3. The van der Waals surface area contributed by atoms with Gasteiger partial charge in [-0.1, -0.05) is 23.7 Å². The Hall–Kier alpha value is -2.27. The maximum atomic E-state index is 5.98. The van der Waals surface area contributed by atoms with Crippen molar-refractivity contribution in [2.45, 2.75) is 19.9 Å². The fraction of sp³-hybridized carbons (Fsp3) is 0.294. The second-order valence-corrected chi connectivity index (χ2v) is 5.32. The van der Waals surface area contributed by atoms with E-state index >= 15 is 0 Å². The number of aromatic nitrogens is 1. The van der Waals surface area contributed by atoms with Gasteiger partial charge in [-0.3, -0.25) is 4.98 Å². The number of rotatable bonds is 7. The van der Waals surface area contributed by atoms with E-state index in [1.807, 2.05) is 37.3 Å². The smallest absolute Gasteiger partial charge is 0.188 e. The normalized spacial score (nSPS) is 11.3. The molecule has 5 nitrogen and oxygen atoms in total. The molecule has 2 rings (SSSR count). The highest BCUT2D eigenvalue weighted by Gasteiger charge is 2.04. The Labute approximate surface area is 141 Å². The van der Waals surface area contributed by atoms with Crippen LogP contribution in [0.3, 0.4) is 0 Å². The Balaban J connectivity index is 1.87. The zero-order valence-electron chi connectivity index (χ0n) is 13.1. The Kier molecular flexibility index (Phi) is 6.69. The first-order chi connectivity index (χ1) is 11.2. The molecule has 1 heterocycles. The van der Waals surface area contributed by atoms with Crippen LogP contribution < -0.4 is 15.8 Å². The van der Waals surface area contributed by atoms with Crippen molar-refractivity contribution >= 4 is 17.6 Å². The quantitative estimate of drug-likeness (QED) is 0.604. The number of nitrogens with zero attached hydrogens (tertiary/aromatic N) is 2. The van der Waals surface area contributed by atoms with E-state index in [2.05, 4.69) is 15.3 Å². The fourth-order valence-electron chi connectivity index (χ4n) is 2.04. The molecule has 0 spiro atoms. The van der Waals surface area contributed by atoms with Gasteiger partial charge < -0.3 is 15.8 Å². The van der Waals surface area contributed by atoms with E-state index in [1.54, 1.807) is 12.3 Å². The molecular weight excluding hydrogens is 312 g/mol. The van der Waals surface area contributed by atoms with Gasteiger partial charge in [0.25, 0.3) is 0 Å². The van der Waals surface area contributed by atoms with Gasteiger partial charge in [-0.2, -0.15) is 0 Å². The first-order valence-electron chi connectivity index (χ1n) is 7.54. The summed E-state index contributed by atoms with van der Waals surface area (Å²) in [6, 6.07) is 11.4. The summed E-state index contributed by atoms with van der Waals surface area (Å²) in [7, 11) is 0. The molecular formula is C17H21ClN4O. The van der Waals surface area contributed by atoms with Gasteiger partial charge in [0.15, 0.2) is 5.96 Å². The summed E-state index contributed by atoms with van der Waals surface area (Å²) in [4.78, 5) is 8.60. The van der Waals surface area contributed by atoms with Crippen molar-refractivity contribution < 1.29 is 4.74 Å². The lowest BCUT2D eigenvalue weighted by Crippen LogP contribution is -2.33. The van der Waals surface area contributed by atoms with E-state index in [4.69, 9.17) is 22.1 Å². The van der Waals surface area contributed by atoms with Crippen molar-refractivity contribution in [3.8, 4) is 5.75 Å². The zero-order valence-corrected chi connectivity index (χ0v) is 13.9. The highest BCUT2D eigenvalue weighted by Crippen LogP contribution is 2.24. The van der Waals surface area contributed by atoms with Gasteiger partial charge in [-0.05, 0) is 31.2 Å². The summed E-state index contributed by atoms with van der Waals surface area (Å²) in [6.07, 6.45) is 2.57. The van der Waals surface area contributed by atoms with Crippen LogP contribution in [0.1, 0.15) is 18.2 Å². The van der Waals surface area contributed by atoms with Crippen molar-refractivity contribution in [1.82, 2.24) is 10.3 Å². The van der Waals surface area contributed by atoms with E-state index in [-0.39, 0.29) is 0 Å². The molecule has 0 aliphatic carbocycles. The molecule has 122 valence electrons. The summed E-state index contributed by atoms with van der Waals surface area (Å²) in [5.74, 6) is 1.14. The second-order valence-electron chi connectivity index (χ2n) is 4.88. The topological polar surface area (TPSA) is 72.5 Å². The SMILES string of the molecule is CCOc1cc(Cl)ccc1CN=C(N)NCCc1ccccn1.